The van der Waals surface area contributed by atoms with E-state index in [9.17, 15) is 18.1 Å². The van der Waals surface area contributed by atoms with Gasteiger partial charge in [0.05, 0.1) is 22.0 Å². The van der Waals surface area contributed by atoms with Crippen molar-refractivity contribution in [3.63, 3.8) is 0 Å². The van der Waals surface area contributed by atoms with E-state index in [1.54, 1.807) is 12.1 Å². The first-order chi connectivity index (χ1) is 14.4. The number of anilines is 1. The molecule has 4 rings (SSSR count). The number of rotatable bonds is 4. The second-order valence-corrected chi connectivity index (χ2v) is 9.25. The van der Waals surface area contributed by atoms with Crippen LogP contribution in [0.25, 0.3) is 11.0 Å². The lowest BCUT2D eigenvalue weighted by atomic mass is 10.2. The zero-order chi connectivity index (χ0) is 21.3. The standard InChI is InChI=1S/C21H20FN5O2S/c1-26-10-12-27(13-11-26)21-20(24-17-4-2-3-5-18(17)25-21)19(14-23)30(28,29)16-8-6-15(22)7-9-16/h2-9,19H,10-13H2,1H3/t19-/m0/s1. The van der Waals surface area contributed by atoms with Gasteiger partial charge in [0.25, 0.3) is 0 Å². The molecule has 9 heteroatoms. The smallest absolute Gasteiger partial charge is 0.200 e. The van der Waals surface area contributed by atoms with E-state index in [0.717, 1.165) is 25.2 Å². The fraction of sp³-hybridized carbons (Fsp3) is 0.286. The Morgan fingerprint density at radius 1 is 1.00 bits per heavy atom. The zero-order valence-electron chi connectivity index (χ0n) is 16.4. The van der Waals surface area contributed by atoms with Crippen LogP contribution in [0.15, 0.2) is 53.4 Å². The van der Waals surface area contributed by atoms with Crippen molar-refractivity contribution in [3.8, 4) is 6.07 Å². The number of nitrogens with zero attached hydrogens (tertiary/aromatic N) is 5. The number of sulfone groups is 1. The molecule has 0 radical (unpaired) electrons. The first kappa shape index (κ1) is 20.2. The average Bonchev–Trinajstić information content (AvgIpc) is 2.74. The van der Waals surface area contributed by atoms with Gasteiger partial charge in [0.1, 0.15) is 11.5 Å². The molecule has 0 bridgehead atoms. The molecule has 7 nitrogen and oxygen atoms in total. The minimum absolute atomic E-state index is 0.102. The third kappa shape index (κ3) is 3.72. The van der Waals surface area contributed by atoms with Crippen LogP contribution in [0, 0.1) is 17.1 Å². The van der Waals surface area contributed by atoms with Gasteiger partial charge in [-0.05, 0) is 43.4 Å². The Labute approximate surface area is 174 Å². The third-order valence-corrected chi connectivity index (χ3v) is 7.08. The van der Waals surface area contributed by atoms with Crippen LogP contribution in [0.1, 0.15) is 10.9 Å². The van der Waals surface area contributed by atoms with E-state index >= 15 is 0 Å². The Balaban J connectivity index is 1.87. The van der Waals surface area contributed by atoms with Crippen LogP contribution in [0.4, 0.5) is 10.2 Å². The summed E-state index contributed by atoms with van der Waals surface area (Å²) in [5.41, 5.74) is 1.25. The van der Waals surface area contributed by atoms with Crippen LogP contribution in [0.3, 0.4) is 0 Å². The molecule has 1 fully saturated rings. The van der Waals surface area contributed by atoms with Crippen molar-refractivity contribution in [2.45, 2.75) is 10.1 Å². The van der Waals surface area contributed by atoms with Crippen molar-refractivity contribution < 1.29 is 12.8 Å². The number of hydrogen-bond donors (Lipinski definition) is 0. The lowest BCUT2D eigenvalue weighted by molar-refractivity contribution is 0.312. The monoisotopic (exact) mass is 425 g/mol. The summed E-state index contributed by atoms with van der Waals surface area (Å²) in [6.45, 7) is 2.86. The number of piperazine rings is 1. The molecule has 1 aliphatic rings. The molecule has 0 saturated carbocycles. The number of fused-ring (bicyclic) bond motifs is 1. The first-order valence-corrected chi connectivity index (χ1v) is 11.0. The van der Waals surface area contributed by atoms with Crippen molar-refractivity contribution in [1.29, 1.82) is 5.26 Å². The number of nitriles is 1. The Bertz CT molecular complexity index is 1220. The number of para-hydroxylation sites is 2. The molecular formula is C21H20FN5O2S. The van der Waals surface area contributed by atoms with Gasteiger partial charge in [-0.15, -0.1) is 0 Å². The van der Waals surface area contributed by atoms with Crippen LogP contribution < -0.4 is 4.90 Å². The summed E-state index contributed by atoms with van der Waals surface area (Å²) < 4.78 is 39.8. The van der Waals surface area contributed by atoms with Crippen LogP contribution in [0.5, 0.6) is 0 Å². The molecular weight excluding hydrogens is 405 g/mol. The molecule has 154 valence electrons. The van der Waals surface area contributed by atoms with Gasteiger partial charge in [-0.2, -0.15) is 5.26 Å². The van der Waals surface area contributed by atoms with E-state index in [-0.39, 0.29) is 10.6 Å². The van der Waals surface area contributed by atoms with Crippen molar-refractivity contribution in [1.82, 2.24) is 14.9 Å². The Kier molecular flexibility index (Phi) is 5.37. The summed E-state index contributed by atoms with van der Waals surface area (Å²) in [6, 6.07) is 13.5. The van der Waals surface area contributed by atoms with Gasteiger partial charge in [0, 0.05) is 26.2 Å². The molecule has 1 aromatic heterocycles. The predicted octanol–water partition coefficient (Wildman–Crippen LogP) is 2.56. The summed E-state index contributed by atoms with van der Waals surface area (Å²) in [7, 11) is -2.11. The molecule has 1 atom stereocenters. The Hall–Kier alpha value is -3.09. The van der Waals surface area contributed by atoms with E-state index in [1.165, 1.54) is 12.1 Å². The van der Waals surface area contributed by atoms with E-state index in [1.807, 2.05) is 30.1 Å². The molecule has 2 heterocycles. The van der Waals surface area contributed by atoms with Gasteiger partial charge in [-0.25, -0.2) is 22.8 Å². The SMILES string of the molecule is CN1CCN(c2nc3ccccc3nc2[C@H](C#N)S(=O)(=O)c2ccc(F)cc2)CC1. The first-order valence-electron chi connectivity index (χ1n) is 9.49. The normalized spacial score (nSPS) is 16.4. The van der Waals surface area contributed by atoms with Gasteiger partial charge in [0.2, 0.25) is 9.84 Å². The highest BCUT2D eigenvalue weighted by Gasteiger charge is 2.35. The summed E-state index contributed by atoms with van der Waals surface area (Å²) in [6.07, 6.45) is 0. The quantitative estimate of drug-likeness (QED) is 0.594. The van der Waals surface area contributed by atoms with Crippen LogP contribution in [0.2, 0.25) is 0 Å². The van der Waals surface area contributed by atoms with E-state index < -0.39 is 20.9 Å². The van der Waals surface area contributed by atoms with Crippen LogP contribution in [-0.2, 0) is 9.84 Å². The molecule has 1 aliphatic heterocycles. The van der Waals surface area contributed by atoms with E-state index in [0.29, 0.717) is 29.9 Å². The molecule has 0 aliphatic carbocycles. The molecule has 0 spiro atoms. The maximum atomic E-state index is 13.3. The molecule has 0 N–H and O–H groups in total. The summed E-state index contributed by atoms with van der Waals surface area (Å²) in [4.78, 5) is 13.2. The summed E-state index contributed by atoms with van der Waals surface area (Å²) in [5.74, 6) is -0.148. The van der Waals surface area contributed by atoms with Crippen molar-refractivity contribution in [2.75, 3.05) is 38.1 Å². The third-order valence-electron chi connectivity index (χ3n) is 5.20. The highest BCUT2D eigenvalue weighted by molar-refractivity contribution is 7.92. The lowest BCUT2D eigenvalue weighted by Gasteiger charge is -2.34. The number of hydrogen-bond acceptors (Lipinski definition) is 7. The van der Waals surface area contributed by atoms with Gasteiger partial charge in [-0.1, -0.05) is 12.1 Å². The molecule has 0 unspecified atom stereocenters. The largest absolute Gasteiger partial charge is 0.352 e. The van der Waals surface area contributed by atoms with Crippen molar-refractivity contribution >= 4 is 26.7 Å². The Morgan fingerprint density at radius 3 is 2.20 bits per heavy atom. The fourth-order valence-corrected chi connectivity index (χ4v) is 4.85. The van der Waals surface area contributed by atoms with Gasteiger partial charge >= 0.3 is 0 Å². The second-order valence-electron chi connectivity index (χ2n) is 7.22. The molecule has 1 saturated heterocycles. The summed E-state index contributed by atoms with van der Waals surface area (Å²) in [5, 5.41) is 8.31. The van der Waals surface area contributed by atoms with Crippen LogP contribution in [-0.4, -0.2) is 56.5 Å². The molecule has 0 amide bonds. The maximum Gasteiger partial charge on any atom is 0.200 e. The van der Waals surface area contributed by atoms with Gasteiger partial charge < -0.3 is 9.80 Å². The Morgan fingerprint density at radius 2 is 1.60 bits per heavy atom. The lowest BCUT2D eigenvalue weighted by Crippen LogP contribution is -2.45. The van der Waals surface area contributed by atoms with E-state index in [2.05, 4.69) is 14.9 Å². The van der Waals surface area contributed by atoms with Gasteiger partial charge in [-0.3, -0.25) is 0 Å². The minimum atomic E-state index is -4.13. The van der Waals surface area contributed by atoms with Gasteiger partial charge in [0.15, 0.2) is 11.1 Å². The highest BCUT2D eigenvalue weighted by Crippen LogP contribution is 2.34. The average molecular weight is 425 g/mol. The number of halogens is 1. The van der Waals surface area contributed by atoms with Crippen molar-refractivity contribution in [2.24, 2.45) is 0 Å². The van der Waals surface area contributed by atoms with Crippen LogP contribution >= 0.6 is 0 Å². The molecule has 3 aromatic rings. The number of aromatic nitrogens is 2. The second kappa shape index (κ2) is 7.97. The summed E-state index contributed by atoms with van der Waals surface area (Å²) >= 11 is 0. The zero-order valence-corrected chi connectivity index (χ0v) is 17.2. The predicted molar refractivity (Wildman–Crippen MR) is 111 cm³/mol. The topological polar surface area (TPSA) is 90.2 Å². The molecule has 30 heavy (non-hydrogen) atoms. The van der Waals surface area contributed by atoms with Crippen molar-refractivity contribution in [3.05, 3.63) is 60.0 Å². The minimum Gasteiger partial charge on any atom is -0.352 e. The number of benzene rings is 2. The van der Waals surface area contributed by atoms with E-state index in [4.69, 9.17) is 0 Å². The maximum absolute atomic E-state index is 13.3. The number of likely N-dealkylation sites (N-methyl/N-ethyl adjacent to an activating group) is 1. The molecule has 2 aromatic carbocycles. The highest BCUT2D eigenvalue weighted by atomic mass is 32.2. The fourth-order valence-electron chi connectivity index (χ4n) is 3.47.